The first-order valence-corrected chi connectivity index (χ1v) is 5.25. The predicted octanol–water partition coefficient (Wildman–Crippen LogP) is -0.579. The molecule has 1 atom stereocenters. The van der Waals surface area contributed by atoms with Gasteiger partial charge in [-0.15, -0.1) is 0 Å². The topological polar surface area (TPSA) is 104 Å². The molecule has 5 N–H and O–H groups in total. The number of hydrogen-bond donors (Lipinski definition) is 4. The smallest absolute Gasteiger partial charge is 0.480 e. The fourth-order valence-electron chi connectivity index (χ4n) is 0.910. The second-order valence-electron chi connectivity index (χ2n) is 3.89. The van der Waals surface area contributed by atoms with Crippen LogP contribution in [0.4, 0.5) is 0 Å². The van der Waals surface area contributed by atoms with Crippen LogP contribution in [0, 0.1) is 5.92 Å². The first-order valence-electron chi connectivity index (χ1n) is 5.25. The van der Waals surface area contributed by atoms with Crippen molar-refractivity contribution >= 4 is 18.6 Å². The van der Waals surface area contributed by atoms with Crippen LogP contribution >= 0.6 is 0 Å². The summed E-state index contributed by atoms with van der Waals surface area (Å²) >= 11 is 0. The van der Waals surface area contributed by atoms with E-state index in [1.54, 1.807) is 38.1 Å². The molecule has 0 fully saturated rings. The summed E-state index contributed by atoms with van der Waals surface area (Å²) in [6.45, 7) is 3.55. The zero-order valence-corrected chi connectivity index (χ0v) is 9.95. The molecule has 0 bridgehead atoms. The number of hydrogen-bond acceptors (Lipinski definition) is 4. The maximum absolute atomic E-state index is 10.0. The van der Waals surface area contributed by atoms with Gasteiger partial charge in [-0.25, -0.2) is 0 Å². The van der Waals surface area contributed by atoms with Crippen LogP contribution < -0.4 is 11.2 Å². The molecule has 6 heteroatoms. The van der Waals surface area contributed by atoms with Crippen LogP contribution in [0.5, 0.6) is 0 Å². The molecule has 0 radical (unpaired) electrons. The average Bonchev–Trinajstić information content (AvgIpc) is 2.29. The van der Waals surface area contributed by atoms with Gasteiger partial charge in [-0.3, -0.25) is 4.79 Å². The molecule has 94 valence electrons. The molecule has 0 heterocycles. The number of rotatable bonds is 3. The van der Waals surface area contributed by atoms with Gasteiger partial charge in [0.2, 0.25) is 0 Å². The molecule has 0 unspecified atom stereocenters. The van der Waals surface area contributed by atoms with Crippen LogP contribution in [-0.2, 0) is 4.79 Å². The van der Waals surface area contributed by atoms with Gasteiger partial charge in [0.25, 0.3) is 0 Å². The van der Waals surface area contributed by atoms with Crippen molar-refractivity contribution in [3.05, 3.63) is 30.3 Å². The fraction of sp³-hybridized carbons (Fsp3) is 0.364. The molecule has 17 heavy (non-hydrogen) atoms. The number of benzene rings is 1. The molecular weight excluding hydrogens is 221 g/mol. The van der Waals surface area contributed by atoms with Crippen molar-refractivity contribution < 1.29 is 19.9 Å². The highest BCUT2D eigenvalue weighted by atomic mass is 16.4. The number of carboxylic acids is 1. The third-order valence-corrected chi connectivity index (χ3v) is 2.10. The Balaban J connectivity index is 0.000000304. The summed E-state index contributed by atoms with van der Waals surface area (Å²) in [5.41, 5.74) is 5.69. The van der Waals surface area contributed by atoms with Crippen LogP contribution in [0.15, 0.2) is 30.3 Å². The van der Waals surface area contributed by atoms with E-state index in [0.29, 0.717) is 5.46 Å². The lowest BCUT2D eigenvalue weighted by Gasteiger charge is -2.07. The third kappa shape index (κ3) is 6.73. The SMILES string of the molecule is CC(C)[C@H](N)C(=O)O.OB(O)c1ccccc1. The van der Waals surface area contributed by atoms with Crippen molar-refractivity contribution in [1.29, 1.82) is 0 Å². The summed E-state index contributed by atoms with van der Waals surface area (Å²) in [5, 5.41) is 25.4. The van der Waals surface area contributed by atoms with Crippen LogP contribution in [0.1, 0.15) is 13.8 Å². The predicted molar refractivity (Wildman–Crippen MR) is 66.7 cm³/mol. The Morgan fingerprint density at radius 3 is 1.88 bits per heavy atom. The lowest BCUT2D eigenvalue weighted by Crippen LogP contribution is -2.34. The van der Waals surface area contributed by atoms with Gasteiger partial charge in [0.15, 0.2) is 0 Å². The number of carboxylic acid groups (broad SMARTS) is 1. The highest BCUT2D eigenvalue weighted by Crippen LogP contribution is 1.96. The zero-order valence-electron chi connectivity index (χ0n) is 9.95. The summed E-state index contributed by atoms with van der Waals surface area (Å²) in [7, 11) is -1.34. The molecule has 1 aromatic rings. The second-order valence-corrected chi connectivity index (χ2v) is 3.89. The van der Waals surface area contributed by atoms with Gasteiger partial charge in [0.05, 0.1) is 0 Å². The van der Waals surface area contributed by atoms with Gasteiger partial charge in [-0.1, -0.05) is 44.2 Å². The third-order valence-electron chi connectivity index (χ3n) is 2.10. The Morgan fingerprint density at radius 1 is 1.24 bits per heavy atom. The average molecular weight is 239 g/mol. The minimum Gasteiger partial charge on any atom is -0.480 e. The molecule has 0 spiro atoms. The summed E-state index contributed by atoms with van der Waals surface area (Å²) in [6.07, 6.45) is 0. The first-order chi connectivity index (χ1) is 7.86. The van der Waals surface area contributed by atoms with E-state index >= 15 is 0 Å². The normalized spacial score (nSPS) is 11.4. The summed E-state index contributed by atoms with van der Waals surface area (Å²) in [5.74, 6) is -0.910. The van der Waals surface area contributed by atoms with Gasteiger partial charge < -0.3 is 20.9 Å². The van der Waals surface area contributed by atoms with E-state index in [9.17, 15) is 4.79 Å². The lowest BCUT2D eigenvalue weighted by atomic mass is 9.81. The molecule has 1 aromatic carbocycles. The van der Waals surface area contributed by atoms with Crippen LogP contribution in [-0.4, -0.2) is 34.3 Å². The second kappa shape index (κ2) is 7.84. The van der Waals surface area contributed by atoms with E-state index in [0.717, 1.165) is 0 Å². The summed E-state index contributed by atoms with van der Waals surface area (Å²) in [4.78, 5) is 10.0. The van der Waals surface area contributed by atoms with E-state index < -0.39 is 19.1 Å². The Morgan fingerprint density at radius 2 is 1.71 bits per heavy atom. The maximum atomic E-state index is 10.0. The molecule has 0 aliphatic heterocycles. The number of carbonyl (C=O) groups is 1. The lowest BCUT2D eigenvalue weighted by molar-refractivity contribution is -0.139. The Labute approximate surface area is 101 Å². The Kier molecular flexibility index (Phi) is 7.21. The van der Waals surface area contributed by atoms with Gasteiger partial charge in [-0.2, -0.15) is 0 Å². The molecule has 1 rings (SSSR count). The first kappa shape index (κ1) is 15.6. The molecule has 0 saturated carbocycles. The van der Waals surface area contributed by atoms with Crippen molar-refractivity contribution in [2.75, 3.05) is 0 Å². The van der Waals surface area contributed by atoms with Crippen LogP contribution in [0.25, 0.3) is 0 Å². The highest BCUT2D eigenvalue weighted by Gasteiger charge is 2.14. The zero-order chi connectivity index (χ0) is 13.4. The van der Waals surface area contributed by atoms with Crippen molar-refractivity contribution in [3.8, 4) is 0 Å². The largest absolute Gasteiger partial charge is 0.488 e. The molecule has 0 amide bonds. The molecular formula is C11H18BNO4. The van der Waals surface area contributed by atoms with Crippen molar-refractivity contribution in [2.45, 2.75) is 19.9 Å². The minimum absolute atomic E-state index is 0.0208. The molecule has 0 aliphatic rings. The minimum atomic E-state index is -1.34. The van der Waals surface area contributed by atoms with E-state index in [2.05, 4.69) is 0 Å². The highest BCUT2D eigenvalue weighted by molar-refractivity contribution is 6.58. The maximum Gasteiger partial charge on any atom is 0.488 e. The van der Waals surface area contributed by atoms with Gasteiger partial charge in [0.1, 0.15) is 6.04 Å². The van der Waals surface area contributed by atoms with E-state index in [-0.39, 0.29) is 5.92 Å². The molecule has 0 saturated heterocycles. The molecule has 0 aliphatic carbocycles. The number of nitrogens with two attached hydrogens (primary N) is 1. The number of aliphatic carboxylic acids is 1. The Hall–Kier alpha value is -1.37. The molecule has 0 aromatic heterocycles. The van der Waals surface area contributed by atoms with Crippen molar-refractivity contribution in [3.63, 3.8) is 0 Å². The van der Waals surface area contributed by atoms with Gasteiger partial charge in [0, 0.05) is 0 Å². The quantitative estimate of drug-likeness (QED) is 0.528. The van der Waals surface area contributed by atoms with E-state index in [1.807, 2.05) is 6.07 Å². The summed E-state index contributed by atoms with van der Waals surface area (Å²) < 4.78 is 0. The van der Waals surface area contributed by atoms with Gasteiger partial charge in [-0.05, 0) is 11.4 Å². The monoisotopic (exact) mass is 239 g/mol. The van der Waals surface area contributed by atoms with Crippen LogP contribution in [0.2, 0.25) is 0 Å². The standard InChI is InChI=1S/C6H7BO2.C5H11NO2/c8-7(9)6-4-2-1-3-5-6;1-3(2)4(6)5(7)8/h1-5,8-9H;3-4H,6H2,1-2H3,(H,7,8)/t;4-/m.0/s1. The molecule has 5 nitrogen and oxygen atoms in total. The fourth-order valence-corrected chi connectivity index (χ4v) is 0.910. The summed E-state index contributed by atoms with van der Waals surface area (Å²) in [6, 6.07) is 7.94. The Bertz CT molecular complexity index is 330. The van der Waals surface area contributed by atoms with Crippen LogP contribution in [0.3, 0.4) is 0 Å². The van der Waals surface area contributed by atoms with E-state index in [1.165, 1.54) is 0 Å². The van der Waals surface area contributed by atoms with Crippen molar-refractivity contribution in [2.24, 2.45) is 11.7 Å². The van der Waals surface area contributed by atoms with Gasteiger partial charge >= 0.3 is 13.1 Å². The van der Waals surface area contributed by atoms with E-state index in [4.69, 9.17) is 20.9 Å². The van der Waals surface area contributed by atoms with Crippen molar-refractivity contribution in [1.82, 2.24) is 0 Å².